The van der Waals surface area contributed by atoms with Crippen molar-refractivity contribution < 1.29 is 19.0 Å². The van der Waals surface area contributed by atoms with Crippen molar-refractivity contribution in [2.45, 2.75) is 25.6 Å². The summed E-state index contributed by atoms with van der Waals surface area (Å²) in [6.45, 7) is 1.92. The van der Waals surface area contributed by atoms with Gasteiger partial charge in [0, 0.05) is 6.42 Å². The fourth-order valence-electron chi connectivity index (χ4n) is 1.74. The van der Waals surface area contributed by atoms with Gasteiger partial charge in [0.15, 0.2) is 0 Å². The number of benzene rings is 1. The van der Waals surface area contributed by atoms with Crippen LogP contribution in [0.25, 0.3) is 0 Å². The van der Waals surface area contributed by atoms with Crippen LogP contribution in [0.1, 0.15) is 24.2 Å². The lowest BCUT2D eigenvalue weighted by atomic mass is 10.0. The highest BCUT2D eigenvalue weighted by Crippen LogP contribution is 2.31. The zero-order valence-electron chi connectivity index (χ0n) is 8.24. The number of carbonyl (C=O) groups is 1. The third-order valence-corrected chi connectivity index (χ3v) is 2.43. The van der Waals surface area contributed by atoms with E-state index in [9.17, 15) is 9.18 Å². The normalized spacial score (nSPS) is 20.5. The summed E-state index contributed by atoms with van der Waals surface area (Å²) < 4.78 is 18.6. The van der Waals surface area contributed by atoms with E-state index in [1.165, 1.54) is 6.07 Å². The summed E-state index contributed by atoms with van der Waals surface area (Å²) in [4.78, 5) is 10.5. The molecule has 0 radical (unpaired) electrons. The van der Waals surface area contributed by atoms with Crippen LogP contribution < -0.4 is 4.74 Å². The van der Waals surface area contributed by atoms with E-state index in [0.29, 0.717) is 6.42 Å². The Bertz CT molecular complexity index is 403. The quantitative estimate of drug-likeness (QED) is 0.813. The van der Waals surface area contributed by atoms with Gasteiger partial charge in [0.1, 0.15) is 11.9 Å². The first kappa shape index (κ1) is 9.96. The molecular weight excluding hydrogens is 199 g/mol. The molecule has 0 aromatic heterocycles. The van der Waals surface area contributed by atoms with Crippen molar-refractivity contribution in [3.05, 3.63) is 29.3 Å². The first-order valence-electron chi connectivity index (χ1n) is 4.74. The van der Waals surface area contributed by atoms with Crippen LogP contribution in [0, 0.1) is 0 Å². The summed E-state index contributed by atoms with van der Waals surface area (Å²) in [5.74, 6) is -0.731. The lowest BCUT2D eigenvalue weighted by molar-refractivity contribution is -0.143. The maximum atomic E-state index is 13.2. The van der Waals surface area contributed by atoms with Gasteiger partial charge < -0.3 is 9.84 Å². The smallest absolute Gasteiger partial charge is 0.343 e. The number of hydrogen-bond donors (Lipinski definition) is 1. The minimum atomic E-state index is -1.95. The Hall–Kier alpha value is -1.58. The van der Waals surface area contributed by atoms with Crippen molar-refractivity contribution in [2.24, 2.45) is 0 Å². The Balaban J connectivity index is 2.31. The molecule has 0 saturated heterocycles. The summed E-state index contributed by atoms with van der Waals surface area (Å²) >= 11 is 0. The van der Waals surface area contributed by atoms with Gasteiger partial charge in [0.2, 0.25) is 6.17 Å². The summed E-state index contributed by atoms with van der Waals surface area (Å²) in [5.41, 5.74) is 1.06. The predicted octanol–water partition coefficient (Wildman–Crippen LogP) is 2.11. The van der Waals surface area contributed by atoms with Crippen molar-refractivity contribution in [1.82, 2.24) is 0 Å². The van der Waals surface area contributed by atoms with Gasteiger partial charge in [-0.25, -0.2) is 9.18 Å². The zero-order chi connectivity index (χ0) is 11.0. The highest BCUT2D eigenvalue weighted by atomic mass is 19.1. The maximum absolute atomic E-state index is 13.2. The second kappa shape index (κ2) is 3.53. The Labute approximate surface area is 86.5 Å². The lowest BCUT2D eigenvalue weighted by Crippen LogP contribution is -2.06. The average Bonchev–Trinajstić information content (AvgIpc) is 2.55. The van der Waals surface area contributed by atoms with Gasteiger partial charge in [0.25, 0.3) is 0 Å². The van der Waals surface area contributed by atoms with E-state index < -0.39 is 12.1 Å². The van der Waals surface area contributed by atoms with Crippen molar-refractivity contribution in [3.8, 4) is 5.75 Å². The van der Waals surface area contributed by atoms with E-state index in [1.54, 1.807) is 12.1 Å². The number of hydrogen-bond acceptors (Lipinski definition) is 2. The number of halogens is 1. The predicted molar refractivity (Wildman–Crippen MR) is 51.7 cm³/mol. The highest BCUT2D eigenvalue weighted by molar-refractivity contribution is 5.74. The Morgan fingerprint density at radius 2 is 2.40 bits per heavy atom. The molecule has 3 nitrogen and oxygen atoms in total. The van der Waals surface area contributed by atoms with Crippen LogP contribution in [0.3, 0.4) is 0 Å². The molecule has 15 heavy (non-hydrogen) atoms. The summed E-state index contributed by atoms with van der Waals surface area (Å²) in [5, 5.41) is 8.53. The van der Waals surface area contributed by atoms with E-state index in [0.717, 1.165) is 11.3 Å². The van der Waals surface area contributed by atoms with Crippen LogP contribution in [0.15, 0.2) is 18.2 Å². The van der Waals surface area contributed by atoms with Crippen LogP contribution in [-0.2, 0) is 11.2 Å². The van der Waals surface area contributed by atoms with Gasteiger partial charge in [0.05, 0.1) is 0 Å². The maximum Gasteiger partial charge on any atom is 0.343 e. The van der Waals surface area contributed by atoms with Gasteiger partial charge in [-0.15, -0.1) is 0 Å². The van der Waals surface area contributed by atoms with Gasteiger partial charge in [-0.2, -0.15) is 0 Å². The fourth-order valence-corrected chi connectivity index (χ4v) is 1.74. The minimum absolute atomic E-state index is 0.0816. The van der Waals surface area contributed by atoms with E-state index in [-0.39, 0.29) is 11.7 Å². The number of carboxylic acids is 1. The molecule has 1 aliphatic heterocycles. The van der Waals surface area contributed by atoms with Crippen LogP contribution >= 0.6 is 0 Å². The molecular formula is C11H11FO3. The van der Waals surface area contributed by atoms with Crippen molar-refractivity contribution in [3.63, 3.8) is 0 Å². The molecule has 4 heteroatoms. The third kappa shape index (κ3) is 1.79. The van der Waals surface area contributed by atoms with Crippen molar-refractivity contribution >= 4 is 5.97 Å². The second-order valence-electron chi connectivity index (χ2n) is 3.70. The molecule has 1 aliphatic rings. The van der Waals surface area contributed by atoms with Crippen LogP contribution in [0.5, 0.6) is 5.75 Å². The molecule has 2 rings (SSSR count). The second-order valence-corrected chi connectivity index (χ2v) is 3.70. The third-order valence-electron chi connectivity index (χ3n) is 2.43. The average molecular weight is 210 g/mol. The van der Waals surface area contributed by atoms with E-state index >= 15 is 0 Å². The first-order valence-corrected chi connectivity index (χ1v) is 4.74. The van der Waals surface area contributed by atoms with Gasteiger partial charge >= 0.3 is 5.97 Å². The first-order chi connectivity index (χ1) is 7.08. The van der Waals surface area contributed by atoms with Crippen LogP contribution in [-0.4, -0.2) is 17.2 Å². The SMILES string of the molecule is CC1Cc2cc(C(F)C(=O)O)ccc2O1. The van der Waals surface area contributed by atoms with Crippen molar-refractivity contribution in [2.75, 3.05) is 0 Å². The lowest BCUT2D eigenvalue weighted by Gasteiger charge is -2.05. The number of ether oxygens (including phenoxy) is 1. The van der Waals surface area contributed by atoms with Crippen molar-refractivity contribution in [1.29, 1.82) is 0 Å². The number of rotatable bonds is 2. The number of fused-ring (bicyclic) bond motifs is 1. The summed E-state index contributed by atoms with van der Waals surface area (Å²) in [6, 6.07) is 4.65. The van der Waals surface area contributed by atoms with Gasteiger partial charge in [-0.05, 0) is 30.2 Å². The van der Waals surface area contributed by atoms with E-state index in [1.807, 2.05) is 6.92 Å². The Kier molecular flexibility index (Phi) is 2.34. The van der Waals surface area contributed by atoms with Gasteiger partial charge in [-0.3, -0.25) is 0 Å². The van der Waals surface area contributed by atoms with Gasteiger partial charge in [-0.1, -0.05) is 6.07 Å². The summed E-state index contributed by atoms with van der Waals surface area (Å²) in [7, 11) is 0. The Morgan fingerprint density at radius 1 is 1.67 bits per heavy atom. The minimum Gasteiger partial charge on any atom is -0.490 e. The molecule has 0 aliphatic carbocycles. The molecule has 0 saturated carbocycles. The topological polar surface area (TPSA) is 46.5 Å². The highest BCUT2D eigenvalue weighted by Gasteiger charge is 2.23. The van der Waals surface area contributed by atoms with Crippen LogP contribution in [0.4, 0.5) is 4.39 Å². The molecule has 1 aromatic carbocycles. The largest absolute Gasteiger partial charge is 0.490 e. The molecule has 80 valence electrons. The molecule has 0 bridgehead atoms. The Morgan fingerprint density at radius 3 is 3.07 bits per heavy atom. The van der Waals surface area contributed by atoms with Crippen LogP contribution in [0.2, 0.25) is 0 Å². The standard InChI is InChI=1S/C11H11FO3/c1-6-4-8-5-7(10(12)11(13)14)2-3-9(8)15-6/h2-3,5-6,10H,4H2,1H3,(H,13,14). The molecule has 1 N–H and O–H groups in total. The van der Waals surface area contributed by atoms with E-state index in [2.05, 4.69) is 0 Å². The molecule has 0 amide bonds. The molecule has 1 aromatic rings. The number of alkyl halides is 1. The molecule has 0 fully saturated rings. The summed E-state index contributed by atoms with van der Waals surface area (Å²) in [6.07, 6.45) is -1.17. The monoisotopic (exact) mass is 210 g/mol. The zero-order valence-corrected chi connectivity index (χ0v) is 8.24. The number of carboxylic acid groups (broad SMARTS) is 1. The fraction of sp³-hybridized carbons (Fsp3) is 0.364. The molecule has 1 heterocycles. The number of aliphatic carboxylic acids is 1. The van der Waals surface area contributed by atoms with E-state index in [4.69, 9.17) is 9.84 Å². The molecule has 0 spiro atoms. The molecule has 2 unspecified atom stereocenters. The molecule has 2 atom stereocenters.